The largest absolute Gasteiger partial charge is 0.466 e. The molecular formula is C10H20ClNO2. The summed E-state index contributed by atoms with van der Waals surface area (Å²) in [6, 6.07) is 0.648. The Bertz CT molecular complexity index is 158. The molecule has 14 heavy (non-hydrogen) atoms. The van der Waals surface area contributed by atoms with Crippen LogP contribution in [-0.2, 0) is 9.53 Å². The maximum atomic E-state index is 11.0. The number of carbonyl (C=O) groups excluding carboxylic acids is 1. The number of hydrogen-bond donors (Lipinski definition) is 1. The summed E-state index contributed by atoms with van der Waals surface area (Å²) in [6.45, 7) is 3.49. The van der Waals surface area contributed by atoms with E-state index in [9.17, 15) is 4.79 Å². The number of ether oxygens (including phenoxy) is 1. The van der Waals surface area contributed by atoms with Crippen molar-refractivity contribution >= 4 is 18.4 Å². The Labute approximate surface area is 92.0 Å². The van der Waals surface area contributed by atoms with Gasteiger partial charge in [-0.15, -0.1) is 12.4 Å². The summed E-state index contributed by atoms with van der Waals surface area (Å²) in [5.41, 5.74) is 0. The van der Waals surface area contributed by atoms with Crippen LogP contribution in [0.4, 0.5) is 0 Å². The van der Waals surface area contributed by atoms with Crippen LogP contribution in [0.25, 0.3) is 0 Å². The summed E-state index contributed by atoms with van der Waals surface area (Å²) >= 11 is 0. The number of esters is 1. The van der Waals surface area contributed by atoms with E-state index in [4.69, 9.17) is 4.74 Å². The average molecular weight is 222 g/mol. The highest BCUT2D eigenvalue weighted by Gasteiger charge is 2.13. The first-order valence-corrected chi connectivity index (χ1v) is 5.22. The molecule has 1 aliphatic rings. The van der Waals surface area contributed by atoms with Crippen molar-refractivity contribution in [1.29, 1.82) is 0 Å². The molecule has 1 saturated heterocycles. The maximum Gasteiger partial charge on any atom is 0.305 e. The molecule has 3 nitrogen and oxygen atoms in total. The van der Waals surface area contributed by atoms with Gasteiger partial charge in [0, 0.05) is 12.5 Å². The summed E-state index contributed by atoms with van der Waals surface area (Å²) in [7, 11) is 0. The first kappa shape index (κ1) is 13.7. The lowest BCUT2D eigenvalue weighted by Gasteiger charge is -2.08. The van der Waals surface area contributed by atoms with Gasteiger partial charge in [-0.25, -0.2) is 0 Å². The van der Waals surface area contributed by atoms with Crippen molar-refractivity contribution in [2.75, 3.05) is 13.2 Å². The molecule has 1 unspecified atom stereocenters. The molecule has 0 radical (unpaired) electrons. The van der Waals surface area contributed by atoms with Crippen molar-refractivity contribution in [2.24, 2.45) is 0 Å². The van der Waals surface area contributed by atoms with E-state index in [0.717, 1.165) is 19.4 Å². The second-order valence-electron chi connectivity index (χ2n) is 3.49. The van der Waals surface area contributed by atoms with Gasteiger partial charge in [-0.1, -0.05) is 0 Å². The van der Waals surface area contributed by atoms with Crippen LogP contribution in [0.2, 0.25) is 0 Å². The fourth-order valence-corrected chi connectivity index (χ4v) is 1.73. The molecule has 0 amide bonds. The standard InChI is InChI=1S/C10H19NO2.ClH/c1-2-13-10(12)7-3-5-9-6-4-8-11-9;/h9,11H,2-8H2,1H3;1H. The third-order valence-corrected chi connectivity index (χ3v) is 2.40. The zero-order chi connectivity index (χ0) is 9.52. The average Bonchev–Trinajstić information content (AvgIpc) is 2.57. The smallest absolute Gasteiger partial charge is 0.305 e. The summed E-state index contributed by atoms with van der Waals surface area (Å²) < 4.78 is 4.85. The Balaban J connectivity index is 0.00000169. The quantitative estimate of drug-likeness (QED) is 0.721. The van der Waals surface area contributed by atoms with E-state index in [1.165, 1.54) is 12.8 Å². The molecule has 0 aliphatic carbocycles. The van der Waals surface area contributed by atoms with E-state index in [0.29, 0.717) is 19.1 Å². The Morgan fingerprint density at radius 2 is 2.36 bits per heavy atom. The van der Waals surface area contributed by atoms with Gasteiger partial charge in [-0.05, 0) is 39.2 Å². The first-order valence-electron chi connectivity index (χ1n) is 5.22. The van der Waals surface area contributed by atoms with Crippen LogP contribution in [-0.4, -0.2) is 25.2 Å². The monoisotopic (exact) mass is 221 g/mol. The van der Waals surface area contributed by atoms with E-state index in [2.05, 4.69) is 5.32 Å². The van der Waals surface area contributed by atoms with Crippen LogP contribution in [0.3, 0.4) is 0 Å². The molecule has 1 fully saturated rings. The number of nitrogens with one attached hydrogen (secondary N) is 1. The van der Waals surface area contributed by atoms with E-state index in [1.807, 2.05) is 6.92 Å². The van der Waals surface area contributed by atoms with Gasteiger partial charge in [-0.2, -0.15) is 0 Å². The van der Waals surface area contributed by atoms with Gasteiger partial charge < -0.3 is 10.1 Å². The Kier molecular flexibility index (Phi) is 7.90. The number of halogens is 1. The predicted molar refractivity (Wildman–Crippen MR) is 58.8 cm³/mol. The van der Waals surface area contributed by atoms with E-state index in [1.54, 1.807) is 0 Å². The lowest BCUT2D eigenvalue weighted by Crippen LogP contribution is -2.21. The molecule has 0 saturated carbocycles. The Morgan fingerprint density at radius 3 is 2.93 bits per heavy atom. The molecule has 0 aromatic carbocycles. The third kappa shape index (κ3) is 5.45. The van der Waals surface area contributed by atoms with Crippen molar-refractivity contribution < 1.29 is 9.53 Å². The summed E-state index contributed by atoms with van der Waals surface area (Å²) in [5, 5.41) is 3.41. The molecule has 4 heteroatoms. The molecule has 84 valence electrons. The summed E-state index contributed by atoms with van der Waals surface area (Å²) in [4.78, 5) is 11.0. The van der Waals surface area contributed by atoms with Gasteiger partial charge in [0.1, 0.15) is 0 Å². The van der Waals surface area contributed by atoms with Crippen molar-refractivity contribution in [3.05, 3.63) is 0 Å². The highest BCUT2D eigenvalue weighted by Crippen LogP contribution is 2.12. The van der Waals surface area contributed by atoms with Crippen LogP contribution in [0, 0.1) is 0 Å². The number of carbonyl (C=O) groups is 1. The minimum absolute atomic E-state index is 0. The van der Waals surface area contributed by atoms with E-state index >= 15 is 0 Å². The summed E-state index contributed by atoms with van der Waals surface area (Å²) in [5.74, 6) is -0.0551. The van der Waals surface area contributed by atoms with Crippen LogP contribution >= 0.6 is 12.4 Å². The van der Waals surface area contributed by atoms with Gasteiger partial charge in [-0.3, -0.25) is 4.79 Å². The fraction of sp³-hybridized carbons (Fsp3) is 0.900. The molecule has 1 heterocycles. The van der Waals surface area contributed by atoms with Gasteiger partial charge in [0.2, 0.25) is 0 Å². The molecule has 0 aromatic rings. The van der Waals surface area contributed by atoms with Gasteiger partial charge >= 0.3 is 5.97 Å². The van der Waals surface area contributed by atoms with Crippen molar-refractivity contribution in [1.82, 2.24) is 5.32 Å². The SMILES string of the molecule is CCOC(=O)CCCC1CCCN1.Cl. The molecule has 1 N–H and O–H groups in total. The Morgan fingerprint density at radius 1 is 1.57 bits per heavy atom. The molecule has 1 atom stereocenters. The normalized spacial score (nSPS) is 20.2. The zero-order valence-electron chi connectivity index (χ0n) is 8.75. The van der Waals surface area contributed by atoms with Crippen molar-refractivity contribution in [3.8, 4) is 0 Å². The fourth-order valence-electron chi connectivity index (χ4n) is 1.73. The third-order valence-electron chi connectivity index (χ3n) is 2.40. The van der Waals surface area contributed by atoms with E-state index in [-0.39, 0.29) is 18.4 Å². The topological polar surface area (TPSA) is 38.3 Å². The van der Waals surface area contributed by atoms with E-state index < -0.39 is 0 Å². The van der Waals surface area contributed by atoms with Gasteiger partial charge in [0.15, 0.2) is 0 Å². The predicted octanol–water partition coefficient (Wildman–Crippen LogP) is 1.89. The second-order valence-corrected chi connectivity index (χ2v) is 3.49. The minimum Gasteiger partial charge on any atom is -0.466 e. The highest BCUT2D eigenvalue weighted by atomic mass is 35.5. The zero-order valence-corrected chi connectivity index (χ0v) is 9.57. The van der Waals surface area contributed by atoms with Gasteiger partial charge in [0.25, 0.3) is 0 Å². The first-order chi connectivity index (χ1) is 6.33. The van der Waals surface area contributed by atoms with Crippen molar-refractivity contribution in [2.45, 2.75) is 45.1 Å². The highest BCUT2D eigenvalue weighted by molar-refractivity contribution is 5.85. The maximum absolute atomic E-state index is 11.0. The molecule has 1 aliphatic heterocycles. The lowest BCUT2D eigenvalue weighted by molar-refractivity contribution is -0.143. The number of rotatable bonds is 5. The molecule has 1 rings (SSSR count). The second kappa shape index (κ2) is 8.06. The van der Waals surface area contributed by atoms with Crippen LogP contribution in [0.1, 0.15) is 39.0 Å². The molecule has 0 spiro atoms. The minimum atomic E-state index is -0.0551. The van der Waals surface area contributed by atoms with Crippen LogP contribution in [0.5, 0.6) is 0 Å². The van der Waals surface area contributed by atoms with Crippen LogP contribution in [0.15, 0.2) is 0 Å². The lowest BCUT2D eigenvalue weighted by atomic mass is 10.1. The van der Waals surface area contributed by atoms with Gasteiger partial charge in [0.05, 0.1) is 6.61 Å². The summed E-state index contributed by atoms with van der Waals surface area (Å²) in [6.07, 6.45) is 5.19. The molecule has 0 bridgehead atoms. The molecular weight excluding hydrogens is 202 g/mol. The number of hydrogen-bond acceptors (Lipinski definition) is 3. The van der Waals surface area contributed by atoms with Crippen LogP contribution < -0.4 is 5.32 Å². The van der Waals surface area contributed by atoms with Crippen molar-refractivity contribution in [3.63, 3.8) is 0 Å². The molecule has 0 aromatic heterocycles. The Hall–Kier alpha value is -0.280.